The normalized spacial score (nSPS) is 18.4. The van der Waals surface area contributed by atoms with Crippen molar-refractivity contribution in [3.05, 3.63) is 52.7 Å². The van der Waals surface area contributed by atoms with Crippen molar-refractivity contribution in [1.82, 2.24) is 20.0 Å². The van der Waals surface area contributed by atoms with Gasteiger partial charge in [-0.15, -0.1) is 10.2 Å². The Morgan fingerprint density at radius 1 is 1.19 bits per heavy atom. The molecule has 0 aliphatic heterocycles. The van der Waals surface area contributed by atoms with Crippen LogP contribution in [0.5, 0.6) is 17.2 Å². The van der Waals surface area contributed by atoms with E-state index in [0.29, 0.717) is 53.7 Å². The third-order valence-corrected chi connectivity index (χ3v) is 7.91. The van der Waals surface area contributed by atoms with Gasteiger partial charge < -0.3 is 34.2 Å². The van der Waals surface area contributed by atoms with Gasteiger partial charge in [-0.05, 0) is 43.9 Å². The van der Waals surface area contributed by atoms with E-state index in [0.717, 1.165) is 11.3 Å². The number of carbonyl (C=O) groups excluding carboxylic acids is 1. The van der Waals surface area contributed by atoms with Gasteiger partial charge in [0, 0.05) is 18.7 Å². The Morgan fingerprint density at radius 2 is 1.90 bits per heavy atom. The lowest BCUT2D eigenvalue weighted by molar-refractivity contribution is -0.0881. The molecule has 42 heavy (non-hydrogen) atoms. The largest absolute Gasteiger partial charge is 0.496 e. The molecule has 1 saturated carbocycles. The maximum atomic E-state index is 13.4. The second kappa shape index (κ2) is 12.2. The SMILES string of the molecule is COc1cccc(OC)c1-c1cc(C(=O)Nc2nnc(-n3nccc3N)s2)oc(=O)c1OCC1(OC)CCC(O)CC1. The second-order valence-electron chi connectivity index (χ2n) is 9.60. The second-order valence-corrected chi connectivity index (χ2v) is 10.6. The summed E-state index contributed by atoms with van der Waals surface area (Å²) in [7, 11) is 4.52. The van der Waals surface area contributed by atoms with Crippen LogP contribution < -0.4 is 30.9 Å². The number of nitrogens with zero attached hydrogens (tertiary/aromatic N) is 4. The molecule has 4 N–H and O–H groups in total. The molecule has 0 unspecified atom stereocenters. The summed E-state index contributed by atoms with van der Waals surface area (Å²) in [5.41, 5.74) is 4.87. The van der Waals surface area contributed by atoms with Crippen molar-refractivity contribution >= 4 is 28.2 Å². The maximum Gasteiger partial charge on any atom is 0.379 e. The molecule has 0 atom stereocenters. The van der Waals surface area contributed by atoms with Crippen LogP contribution in [0.15, 0.2) is 45.7 Å². The molecule has 1 aliphatic rings. The van der Waals surface area contributed by atoms with Gasteiger partial charge in [0.2, 0.25) is 16.0 Å². The topological polar surface area (TPSA) is 186 Å². The highest BCUT2D eigenvalue weighted by Gasteiger charge is 2.37. The summed E-state index contributed by atoms with van der Waals surface area (Å²) in [6, 6.07) is 8.09. The number of amides is 1. The molecule has 3 heterocycles. The van der Waals surface area contributed by atoms with Gasteiger partial charge in [0.05, 0.1) is 32.1 Å². The average molecular weight is 599 g/mol. The number of carbonyl (C=O) groups is 1. The highest BCUT2D eigenvalue weighted by molar-refractivity contribution is 7.17. The molecular weight excluding hydrogens is 568 g/mol. The first-order valence-corrected chi connectivity index (χ1v) is 13.8. The minimum atomic E-state index is -0.894. The fraction of sp³-hybridized carbons (Fsp3) is 0.370. The number of nitrogen functional groups attached to an aromatic ring is 1. The van der Waals surface area contributed by atoms with Crippen molar-refractivity contribution in [2.24, 2.45) is 0 Å². The molecule has 4 aromatic rings. The van der Waals surface area contributed by atoms with Crippen LogP contribution >= 0.6 is 11.3 Å². The molecule has 0 radical (unpaired) electrons. The minimum absolute atomic E-state index is 0.0150. The molecular formula is C27H30N6O8S. The van der Waals surface area contributed by atoms with Gasteiger partial charge in [0.25, 0.3) is 5.91 Å². The zero-order valence-electron chi connectivity index (χ0n) is 23.2. The quantitative estimate of drug-likeness (QED) is 0.243. The summed E-state index contributed by atoms with van der Waals surface area (Å²) in [5.74, 6) is -0.106. The fourth-order valence-electron chi connectivity index (χ4n) is 4.76. The first-order valence-electron chi connectivity index (χ1n) is 13.0. The minimum Gasteiger partial charge on any atom is -0.496 e. The number of nitrogens with two attached hydrogens (primary N) is 1. The van der Waals surface area contributed by atoms with E-state index in [9.17, 15) is 14.7 Å². The molecule has 3 aromatic heterocycles. The van der Waals surface area contributed by atoms with Gasteiger partial charge >= 0.3 is 5.63 Å². The molecule has 0 spiro atoms. The Bertz CT molecular complexity index is 1600. The van der Waals surface area contributed by atoms with Crippen molar-refractivity contribution in [3.8, 4) is 33.5 Å². The van der Waals surface area contributed by atoms with Gasteiger partial charge in [-0.3, -0.25) is 10.1 Å². The monoisotopic (exact) mass is 598 g/mol. The molecule has 15 heteroatoms. The zero-order chi connectivity index (χ0) is 29.9. The lowest BCUT2D eigenvalue weighted by Crippen LogP contribution is -2.43. The van der Waals surface area contributed by atoms with E-state index in [1.807, 2.05) is 0 Å². The summed E-state index contributed by atoms with van der Waals surface area (Å²) >= 11 is 1.02. The van der Waals surface area contributed by atoms with E-state index in [2.05, 4.69) is 20.6 Å². The molecule has 1 aromatic carbocycles. The van der Waals surface area contributed by atoms with Crippen molar-refractivity contribution in [3.63, 3.8) is 0 Å². The van der Waals surface area contributed by atoms with Crippen LogP contribution in [0.3, 0.4) is 0 Å². The summed E-state index contributed by atoms with van der Waals surface area (Å²) < 4.78 is 29.8. The summed E-state index contributed by atoms with van der Waals surface area (Å²) in [6.07, 6.45) is 3.25. The van der Waals surface area contributed by atoms with Gasteiger partial charge in [-0.1, -0.05) is 17.4 Å². The van der Waals surface area contributed by atoms with Crippen LogP contribution in [0, 0.1) is 0 Å². The number of anilines is 2. The Labute approximate surface area is 244 Å². The van der Waals surface area contributed by atoms with Gasteiger partial charge in [0.15, 0.2) is 5.76 Å². The highest BCUT2D eigenvalue weighted by Crippen LogP contribution is 2.43. The molecule has 0 saturated heterocycles. The Kier molecular flexibility index (Phi) is 8.42. The molecule has 222 valence electrons. The van der Waals surface area contributed by atoms with Crippen molar-refractivity contribution in [2.45, 2.75) is 37.4 Å². The number of rotatable bonds is 10. The van der Waals surface area contributed by atoms with Crippen molar-refractivity contribution < 1.29 is 33.3 Å². The number of benzene rings is 1. The summed E-state index contributed by atoms with van der Waals surface area (Å²) in [5, 5.41) is 25.1. The number of nitrogens with one attached hydrogen (secondary N) is 1. The van der Waals surface area contributed by atoms with Crippen LogP contribution in [0.1, 0.15) is 36.2 Å². The smallest absolute Gasteiger partial charge is 0.379 e. The third kappa shape index (κ3) is 5.79. The van der Waals surface area contributed by atoms with E-state index in [1.54, 1.807) is 31.4 Å². The summed E-state index contributed by atoms with van der Waals surface area (Å²) in [6.45, 7) is 0.0150. The first kappa shape index (κ1) is 29.0. The molecule has 5 rings (SSSR count). The molecule has 1 fully saturated rings. The average Bonchev–Trinajstić information content (AvgIpc) is 3.65. The molecule has 1 amide bonds. The lowest BCUT2D eigenvalue weighted by atomic mass is 9.83. The van der Waals surface area contributed by atoms with Crippen LogP contribution in [0.2, 0.25) is 0 Å². The van der Waals surface area contributed by atoms with Crippen molar-refractivity contribution in [2.75, 3.05) is 39.0 Å². The molecule has 1 aliphatic carbocycles. The Hall–Kier alpha value is -4.47. The van der Waals surface area contributed by atoms with E-state index in [-0.39, 0.29) is 28.8 Å². The van der Waals surface area contributed by atoms with Gasteiger partial charge in [-0.2, -0.15) is 9.78 Å². The predicted octanol–water partition coefficient (Wildman–Crippen LogP) is 2.89. The molecule has 0 bridgehead atoms. The lowest BCUT2D eigenvalue weighted by Gasteiger charge is -2.37. The predicted molar refractivity (Wildman–Crippen MR) is 153 cm³/mol. The van der Waals surface area contributed by atoms with E-state index >= 15 is 0 Å². The maximum absolute atomic E-state index is 13.4. The van der Waals surface area contributed by atoms with Crippen LogP contribution in [-0.4, -0.2) is 70.6 Å². The van der Waals surface area contributed by atoms with Crippen LogP contribution in [0.4, 0.5) is 10.9 Å². The number of methoxy groups -OCH3 is 3. The Balaban J connectivity index is 1.51. The summed E-state index contributed by atoms with van der Waals surface area (Å²) in [4.78, 5) is 26.7. The zero-order valence-corrected chi connectivity index (χ0v) is 24.0. The first-order chi connectivity index (χ1) is 20.3. The van der Waals surface area contributed by atoms with Crippen molar-refractivity contribution in [1.29, 1.82) is 0 Å². The number of aromatic nitrogens is 4. The van der Waals surface area contributed by atoms with E-state index in [1.165, 1.54) is 31.2 Å². The number of hydrogen-bond donors (Lipinski definition) is 3. The van der Waals surface area contributed by atoms with E-state index < -0.39 is 23.2 Å². The van der Waals surface area contributed by atoms with Crippen LogP contribution in [-0.2, 0) is 4.74 Å². The Morgan fingerprint density at radius 3 is 2.52 bits per heavy atom. The third-order valence-electron chi connectivity index (χ3n) is 7.10. The molecule has 14 nitrogen and oxygen atoms in total. The number of aliphatic hydroxyl groups is 1. The van der Waals surface area contributed by atoms with Crippen LogP contribution in [0.25, 0.3) is 16.3 Å². The van der Waals surface area contributed by atoms with E-state index in [4.69, 9.17) is 29.1 Å². The van der Waals surface area contributed by atoms with Gasteiger partial charge in [0.1, 0.15) is 29.5 Å². The number of ether oxygens (including phenoxy) is 4. The highest BCUT2D eigenvalue weighted by atomic mass is 32.1. The number of aliphatic hydroxyl groups excluding tert-OH is 1. The fourth-order valence-corrected chi connectivity index (χ4v) is 5.48. The number of hydrogen-bond acceptors (Lipinski definition) is 13. The van der Waals surface area contributed by atoms with Gasteiger partial charge in [-0.25, -0.2) is 4.79 Å². The standard InChI is InChI=1S/C27H30N6O8S/c1-37-17-5-4-6-18(38-2)21(17)16-13-19(23(35)30-25-31-32-26(42-25)33-20(28)9-12-29-33)41-24(36)22(16)40-14-27(39-3)10-7-15(34)8-11-27/h4-6,9,12-13,15,34H,7-8,10-11,14,28H2,1-3H3,(H,30,31,35).